The molecule has 154 valence electrons. The number of furan rings is 1. The number of hydrogen-bond acceptors (Lipinski definition) is 2. The van der Waals surface area contributed by atoms with E-state index >= 15 is 0 Å². The molecule has 0 radical (unpaired) electrons. The van der Waals surface area contributed by atoms with E-state index in [0.717, 1.165) is 30.9 Å². The molecule has 4 nitrogen and oxygen atoms in total. The molecule has 2 heterocycles. The van der Waals surface area contributed by atoms with Crippen LogP contribution in [-0.2, 0) is 24.3 Å². The van der Waals surface area contributed by atoms with Gasteiger partial charge in [0.1, 0.15) is 11.5 Å². The molecular formula is C26H28N2O2. The highest BCUT2D eigenvalue weighted by atomic mass is 16.3. The summed E-state index contributed by atoms with van der Waals surface area (Å²) in [5.41, 5.74) is 5.18. The summed E-state index contributed by atoms with van der Waals surface area (Å²) in [5.74, 6) is 1.72. The monoisotopic (exact) mass is 400 g/mol. The first-order valence-electron chi connectivity index (χ1n) is 10.5. The van der Waals surface area contributed by atoms with Crippen LogP contribution in [0.15, 0.2) is 71.3 Å². The number of hydrogen-bond donors (Lipinski definition) is 1. The lowest BCUT2D eigenvalue weighted by Crippen LogP contribution is -2.22. The highest BCUT2D eigenvalue weighted by molar-refractivity contribution is 5.84. The van der Waals surface area contributed by atoms with Crippen LogP contribution in [0.25, 0.3) is 10.9 Å². The maximum Gasteiger partial charge on any atom is 0.220 e. The number of fused-ring (bicyclic) bond motifs is 1. The van der Waals surface area contributed by atoms with Crippen LogP contribution in [-0.4, -0.2) is 10.5 Å². The van der Waals surface area contributed by atoms with Crippen molar-refractivity contribution in [3.8, 4) is 0 Å². The predicted molar refractivity (Wildman–Crippen MR) is 120 cm³/mol. The largest absolute Gasteiger partial charge is 0.465 e. The molecule has 1 amide bonds. The van der Waals surface area contributed by atoms with Gasteiger partial charge >= 0.3 is 0 Å². The zero-order valence-corrected chi connectivity index (χ0v) is 17.7. The van der Waals surface area contributed by atoms with Crippen molar-refractivity contribution in [2.75, 3.05) is 0 Å². The fourth-order valence-corrected chi connectivity index (χ4v) is 3.92. The summed E-state index contributed by atoms with van der Waals surface area (Å²) in [6.07, 6.45) is 4.47. The van der Waals surface area contributed by atoms with Crippen LogP contribution in [0.3, 0.4) is 0 Å². The third kappa shape index (κ3) is 4.65. The van der Waals surface area contributed by atoms with Crippen molar-refractivity contribution in [1.29, 1.82) is 0 Å². The normalized spacial score (nSPS) is 11.1. The summed E-state index contributed by atoms with van der Waals surface area (Å²) < 4.78 is 7.82. The minimum Gasteiger partial charge on any atom is -0.465 e. The van der Waals surface area contributed by atoms with Gasteiger partial charge in [-0.05, 0) is 61.6 Å². The van der Waals surface area contributed by atoms with Gasteiger partial charge in [-0.15, -0.1) is 0 Å². The number of para-hydroxylation sites is 1. The molecule has 4 aromatic rings. The number of amides is 1. The van der Waals surface area contributed by atoms with Crippen LogP contribution in [0.1, 0.15) is 41.1 Å². The number of aromatic nitrogens is 1. The Labute approximate surface area is 177 Å². The molecule has 1 N–H and O–H groups in total. The average molecular weight is 401 g/mol. The van der Waals surface area contributed by atoms with Gasteiger partial charge in [0, 0.05) is 30.1 Å². The molecule has 0 spiro atoms. The Morgan fingerprint density at radius 2 is 1.77 bits per heavy atom. The number of aryl methyl sites for hydroxylation is 3. The van der Waals surface area contributed by atoms with Crippen LogP contribution in [0.5, 0.6) is 0 Å². The fraction of sp³-hybridized carbons (Fsp3) is 0.269. The van der Waals surface area contributed by atoms with Crippen molar-refractivity contribution in [2.45, 2.75) is 46.2 Å². The first-order valence-corrected chi connectivity index (χ1v) is 10.5. The molecule has 0 aliphatic heterocycles. The molecule has 30 heavy (non-hydrogen) atoms. The Bertz CT molecular complexity index is 1150. The number of carbonyl (C=O) groups excluding carboxylic acids is 1. The molecule has 0 saturated carbocycles. The second-order valence-electron chi connectivity index (χ2n) is 7.87. The zero-order chi connectivity index (χ0) is 20.9. The number of benzene rings is 2. The molecule has 4 heteroatoms. The van der Waals surface area contributed by atoms with Gasteiger partial charge in [0.25, 0.3) is 0 Å². The SMILES string of the molecule is Cc1ccc(CNC(=O)CCCc2cn(Cc3ccccc3C)c3ccccc23)o1. The van der Waals surface area contributed by atoms with Crippen molar-refractivity contribution in [3.63, 3.8) is 0 Å². The highest BCUT2D eigenvalue weighted by Gasteiger charge is 2.10. The van der Waals surface area contributed by atoms with Crippen molar-refractivity contribution >= 4 is 16.8 Å². The predicted octanol–water partition coefficient (Wildman–Crippen LogP) is 5.54. The summed E-state index contributed by atoms with van der Waals surface area (Å²) in [5, 5.41) is 4.22. The molecule has 0 fully saturated rings. The van der Waals surface area contributed by atoms with Gasteiger partial charge < -0.3 is 14.3 Å². The molecule has 0 saturated heterocycles. The molecule has 2 aromatic heterocycles. The summed E-state index contributed by atoms with van der Waals surface area (Å²) >= 11 is 0. The van der Waals surface area contributed by atoms with Crippen LogP contribution in [0.4, 0.5) is 0 Å². The smallest absolute Gasteiger partial charge is 0.220 e. The molecule has 0 atom stereocenters. The van der Waals surface area contributed by atoms with Gasteiger partial charge in [-0.3, -0.25) is 4.79 Å². The Morgan fingerprint density at radius 3 is 2.57 bits per heavy atom. The second kappa shape index (κ2) is 9.04. The van der Waals surface area contributed by atoms with E-state index in [2.05, 4.69) is 71.5 Å². The van der Waals surface area contributed by atoms with Crippen LogP contribution in [0, 0.1) is 13.8 Å². The lowest BCUT2D eigenvalue weighted by Gasteiger charge is -2.08. The highest BCUT2D eigenvalue weighted by Crippen LogP contribution is 2.24. The van der Waals surface area contributed by atoms with E-state index in [0.29, 0.717) is 13.0 Å². The van der Waals surface area contributed by atoms with Gasteiger partial charge in [0.15, 0.2) is 0 Å². The number of rotatable bonds is 8. The molecule has 0 unspecified atom stereocenters. The lowest BCUT2D eigenvalue weighted by molar-refractivity contribution is -0.121. The molecule has 4 rings (SSSR count). The lowest BCUT2D eigenvalue weighted by atomic mass is 10.1. The van der Waals surface area contributed by atoms with E-state index in [9.17, 15) is 4.79 Å². The Morgan fingerprint density at radius 1 is 0.967 bits per heavy atom. The maximum absolute atomic E-state index is 12.2. The van der Waals surface area contributed by atoms with Gasteiger partial charge in [-0.1, -0.05) is 42.5 Å². The quantitative estimate of drug-likeness (QED) is 0.422. The Kier molecular flexibility index (Phi) is 6.03. The number of nitrogens with zero attached hydrogens (tertiary/aromatic N) is 1. The van der Waals surface area contributed by atoms with E-state index in [4.69, 9.17) is 4.42 Å². The summed E-state index contributed by atoms with van der Waals surface area (Å²) in [4.78, 5) is 12.2. The summed E-state index contributed by atoms with van der Waals surface area (Å²) in [6.45, 7) is 5.37. The first-order chi connectivity index (χ1) is 14.6. The van der Waals surface area contributed by atoms with E-state index in [1.54, 1.807) is 0 Å². The van der Waals surface area contributed by atoms with Gasteiger partial charge in [-0.2, -0.15) is 0 Å². The van der Waals surface area contributed by atoms with E-state index in [1.807, 2.05) is 19.1 Å². The first kappa shape index (κ1) is 20.0. The molecule has 2 aromatic carbocycles. The Balaban J connectivity index is 1.39. The Hall–Kier alpha value is -3.27. The van der Waals surface area contributed by atoms with Crippen molar-refractivity contribution in [3.05, 3.63) is 95.1 Å². The van der Waals surface area contributed by atoms with Crippen molar-refractivity contribution in [2.24, 2.45) is 0 Å². The topological polar surface area (TPSA) is 47.2 Å². The van der Waals surface area contributed by atoms with Gasteiger partial charge in [-0.25, -0.2) is 0 Å². The fourth-order valence-electron chi connectivity index (χ4n) is 3.92. The van der Waals surface area contributed by atoms with Gasteiger partial charge in [0.2, 0.25) is 5.91 Å². The van der Waals surface area contributed by atoms with Crippen LogP contribution < -0.4 is 5.32 Å². The van der Waals surface area contributed by atoms with Crippen molar-refractivity contribution < 1.29 is 9.21 Å². The van der Waals surface area contributed by atoms with Crippen molar-refractivity contribution in [1.82, 2.24) is 9.88 Å². The number of carbonyl (C=O) groups is 1. The minimum atomic E-state index is 0.0627. The molecule has 0 aliphatic rings. The average Bonchev–Trinajstić information content (AvgIpc) is 3.32. The number of nitrogens with one attached hydrogen (secondary N) is 1. The minimum absolute atomic E-state index is 0.0627. The zero-order valence-electron chi connectivity index (χ0n) is 17.7. The molecular weight excluding hydrogens is 372 g/mol. The summed E-state index contributed by atoms with van der Waals surface area (Å²) in [7, 11) is 0. The van der Waals surface area contributed by atoms with Gasteiger partial charge in [0.05, 0.1) is 6.54 Å². The van der Waals surface area contributed by atoms with E-state index < -0.39 is 0 Å². The van der Waals surface area contributed by atoms with Crippen LogP contribution >= 0.6 is 0 Å². The summed E-state index contributed by atoms with van der Waals surface area (Å²) in [6, 6.07) is 20.9. The van der Waals surface area contributed by atoms with E-state index in [1.165, 1.54) is 27.6 Å². The molecule has 0 bridgehead atoms. The van der Waals surface area contributed by atoms with E-state index in [-0.39, 0.29) is 5.91 Å². The third-order valence-corrected chi connectivity index (χ3v) is 5.58. The third-order valence-electron chi connectivity index (χ3n) is 5.58. The standard InChI is InChI=1S/C26H28N2O2/c1-19-8-3-4-9-21(19)17-28-18-22(24-11-5-6-12-25(24)28)10-7-13-26(29)27-16-23-15-14-20(2)30-23/h3-6,8-9,11-12,14-15,18H,7,10,13,16-17H2,1-2H3,(H,27,29). The maximum atomic E-state index is 12.2. The second-order valence-corrected chi connectivity index (χ2v) is 7.87. The van der Waals surface area contributed by atoms with Crippen LogP contribution in [0.2, 0.25) is 0 Å². The molecule has 0 aliphatic carbocycles.